The van der Waals surface area contributed by atoms with E-state index in [1.54, 1.807) is 0 Å². The molecule has 3 nitrogen and oxygen atoms in total. The lowest BCUT2D eigenvalue weighted by Gasteiger charge is -2.11. The standard InChI is InChI=1S/C11H10F3N3/c1-6(2)17-5-15-16-11(17)10-8(13)3-7(12)4-9(10)14/h3-6H,1-2H3. The van der Waals surface area contributed by atoms with E-state index in [4.69, 9.17) is 0 Å². The molecule has 0 saturated carbocycles. The third kappa shape index (κ3) is 2.02. The van der Waals surface area contributed by atoms with Crippen LogP contribution in [0.4, 0.5) is 13.2 Å². The van der Waals surface area contributed by atoms with Crippen LogP contribution in [0.15, 0.2) is 18.5 Å². The van der Waals surface area contributed by atoms with Gasteiger partial charge in [-0.3, -0.25) is 0 Å². The third-order valence-electron chi connectivity index (χ3n) is 2.36. The van der Waals surface area contributed by atoms with Crippen molar-refractivity contribution in [1.82, 2.24) is 14.8 Å². The van der Waals surface area contributed by atoms with Crippen LogP contribution in [0.2, 0.25) is 0 Å². The summed E-state index contributed by atoms with van der Waals surface area (Å²) >= 11 is 0. The van der Waals surface area contributed by atoms with E-state index < -0.39 is 17.5 Å². The van der Waals surface area contributed by atoms with Crippen LogP contribution in [0.25, 0.3) is 11.4 Å². The summed E-state index contributed by atoms with van der Waals surface area (Å²) in [6.45, 7) is 3.65. The zero-order chi connectivity index (χ0) is 12.6. The number of rotatable bonds is 2. The average Bonchev–Trinajstić information content (AvgIpc) is 2.64. The van der Waals surface area contributed by atoms with Crippen molar-refractivity contribution in [2.45, 2.75) is 19.9 Å². The summed E-state index contributed by atoms with van der Waals surface area (Å²) in [7, 11) is 0. The zero-order valence-corrected chi connectivity index (χ0v) is 9.28. The van der Waals surface area contributed by atoms with Gasteiger partial charge in [0.2, 0.25) is 0 Å². The Balaban J connectivity index is 2.64. The van der Waals surface area contributed by atoms with Gasteiger partial charge >= 0.3 is 0 Å². The number of halogens is 3. The fourth-order valence-corrected chi connectivity index (χ4v) is 1.56. The van der Waals surface area contributed by atoms with Crippen LogP contribution in [-0.4, -0.2) is 14.8 Å². The molecule has 0 spiro atoms. The van der Waals surface area contributed by atoms with Gasteiger partial charge in [-0.25, -0.2) is 13.2 Å². The van der Waals surface area contributed by atoms with E-state index in [9.17, 15) is 13.2 Å². The van der Waals surface area contributed by atoms with Crippen LogP contribution in [0, 0.1) is 17.5 Å². The molecule has 2 aromatic rings. The molecule has 0 aliphatic rings. The van der Waals surface area contributed by atoms with Gasteiger partial charge in [0.1, 0.15) is 23.8 Å². The fraction of sp³-hybridized carbons (Fsp3) is 0.273. The number of nitrogens with zero attached hydrogens (tertiary/aromatic N) is 3. The maximum absolute atomic E-state index is 13.6. The van der Waals surface area contributed by atoms with Crippen molar-refractivity contribution in [3.63, 3.8) is 0 Å². The topological polar surface area (TPSA) is 30.7 Å². The van der Waals surface area contributed by atoms with E-state index in [0.717, 1.165) is 0 Å². The second kappa shape index (κ2) is 4.20. The highest BCUT2D eigenvalue weighted by Gasteiger charge is 2.19. The minimum Gasteiger partial charge on any atom is -0.311 e. The van der Waals surface area contributed by atoms with Crippen LogP contribution in [0.5, 0.6) is 0 Å². The Morgan fingerprint density at radius 2 is 1.71 bits per heavy atom. The van der Waals surface area contributed by atoms with E-state index >= 15 is 0 Å². The van der Waals surface area contributed by atoms with Crippen molar-refractivity contribution < 1.29 is 13.2 Å². The molecule has 0 radical (unpaired) electrons. The van der Waals surface area contributed by atoms with Gasteiger partial charge in [0.05, 0.1) is 5.56 Å². The monoisotopic (exact) mass is 241 g/mol. The van der Waals surface area contributed by atoms with E-state index in [-0.39, 0.29) is 17.4 Å². The van der Waals surface area contributed by atoms with E-state index in [1.807, 2.05) is 13.8 Å². The first-order chi connectivity index (χ1) is 8.00. The molecule has 0 bridgehead atoms. The molecule has 1 aromatic heterocycles. The van der Waals surface area contributed by atoms with Gasteiger partial charge < -0.3 is 4.57 Å². The molecule has 0 atom stereocenters. The molecule has 0 aliphatic carbocycles. The number of hydrogen-bond donors (Lipinski definition) is 0. The Bertz CT molecular complexity index is 526. The molecule has 17 heavy (non-hydrogen) atoms. The molecule has 1 aromatic carbocycles. The summed E-state index contributed by atoms with van der Waals surface area (Å²) < 4.78 is 41.4. The van der Waals surface area contributed by atoms with Gasteiger partial charge in [-0.05, 0) is 13.8 Å². The van der Waals surface area contributed by atoms with Crippen molar-refractivity contribution in [2.75, 3.05) is 0 Å². The highest BCUT2D eigenvalue weighted by Crippen LogP contribution is 2.26. The molecule has 0 fully saturated rings. The van der Waals surface area contributed by atoms with Gasteiger partial charge in [-0.15, -0.1) is 10.2 Å². The van der Waals surface area contributed by atoms with Gasteiger partial charge in [-0.2, -0.15) is 0 Å². The highest BCUT2D eigenvalue weighted by molar-refractivity contribution is 5.57. The van der Waals surface area contributed by atoms with Crippen molar-refractivity contribution in [2.24, 2.45) is 0 Å². The molecule has 90 valence electrons. The Hall–Kier alpha value is -1.85. The molecule has 0 unspecified atom stereocenters. The van der Waals surface area contributed by atoms with Gasteiger partial charge in [0, 0.05) is 18.2 Å². The van der Waals surface area contributed by atoms with Gasteiger partial charge in [-0.1, -0.05) is 0 Å². The lowest BCUT2D eigenvalue weighted by Crippen LogP contribution is -2.04. The van der Waals surface area contributed by atoms with Crippen LogP contribution < -0.4 is 0 Å². The molecule has 0 N–H and O–H groups in total. The summed E-state index contributed by atoms with van der Waals surface area (Å²) in [5.74, 6) is -2.89. The summed E-state index contributed by atoms with van der Waals surface area (Å²) in [6.07, 6.45) is 1.38. The maximum Gasteiger partial charge on any atom is 0.169 e. The fourth-order valence-electron chi connectivity index (χ4n) is 1.56. The smallest absolute Gasteiger partial charge is 0.169 e. The molecule has 0 aliphatic heterocycles. The second-order valence-corrected chi connectivity index (χ2v) is 3.90. The molecular formula is C11H10F3N3. The Morgan fingerprint density at radius 3 is 2.24 bits per heavy atom. The molecule has 0 saturated heterocycles. The quantitative estimate of drug-likeness (QED) is 0.809. The lowest BCUT2D eigenvalue weighted by atomic mass is 10.1. The highest BCUT2D eigenvalue weighted by atomic mass is 19.1. The first-order valence-corrected chi connectivity index (χ1v) is 5.05. The Morgan fingerprint density at radius 1 is 1.12 bits per heavy atom. The Kier molecular flexibility index (Phi) is 2.87. The number of hydrogen-bond acceptors (Lipinski definition) is 2. The van der Waals surface area contributed by atoms with Crippen molar-refractivity contribution >= 4 is 0 Å². The molecule has 2 rings (SSSR count). The lowest BCUT2D eigenvalue weighted by molar-refractivity contribution is 0.540. The first kappa shape index (κ1) is 11.6. The SMILES string of the molecule is CC(C)n1cnnc1-c1c(F)cc(F)cc1F. The second-order valence-electron chi connectivity index (χ2n) is 3.90. The number of aromatic nitrogens is 3. The maximum atomic E-state index is 13.6. The predicted molar refractivity (Wildman–Crippen MR) is 55.7 cm³/mol. The van der Waals surface area contributed by atoms with Gasteiger partial charge in [0.25, 0.3) is 0 Å². The van der Waals surface area contributed by atoms with E-state index in [2.05, 4.69) is 10.2 Å². The van der Waals surface area contributed by atoms with Crippen molar-refractivity contribution in [1.29, 1.82) is 0 Å². The van der Waals surface area contributed by atoms with E-state index in [1.165, 1.54) is 10.9 Å². The summed E-state index contributed by atoms with van der Waals surface area (Å²) in [4.78, 5) is 0. The third-order valence-corrected chi connectivity index (χ3v) is 2.36. The minimum absolute atomic E-state index is 0.0509. The number of benzene rings is 1. The minimum atomic E-state index is -0.989. The molecule has 0 amide bonds. The predicted octanol–water partition coefficient (Wildman–Crippen LogP) is 2.94. The van der Waals surface area contributed by atoms with E-state index in [0.29, 0.717) is 12.1 Å². The molecule has 1 heterocycles. The first-order valence-electron chi connectivity index (χ1n) is 5.05. The Labute approximate surface area is 95.9 Å². The summed E-state index contributed by atoms with van der Waals surface area (Å²) in [6, 6.07) is 1.19. The van der Waals surface area contributed by atoms with Crippen molar-refractivity contribution in [3.05, 3.63) is 35.9 Å². The zero-order valence-electron chi connectivity index (χ0n) is 9.28. The largest absolute Gasteiger partial charge is 0.311 e. The van der Waals surface area contributed by atoms with Crippen LogP contribution in [0.1, 0.15) is 19.9 Å². The van der Waals surface area contributed by atoms with Gasteiger partial charge in [0.15, 0.2) is 5.82 Å². The average molecular weight is 241 g/mol. The van der Waals surface area contributed by atoms with Crippen LogP contribution in [-0.2, 0) is 0 Å². The normalized spacial score (nSPS) is 11.2. The van der Waals surface area contributed by atoms with Crippen LogP contribution >= 0.6 is 0 Å². The summed E-state index contributed by atoms with van der Waals surface area (Å²) in [5, 5.41) is 7.28. The molecular weight excluding hydrogens is 231 g/mol. The molecule has 6 heteroatoms. The van der Waals surface area contributed by atoms with Crippen molar-refractivity contribution in [3.8, 4) is 11.4 Å². The van der Waals surface area contributed by atoms with Crippen LogP contribution in [0.3, 0.4) is 0 Å². The summed E-state index contributed by atoms with van der Waals surface area (Å²) in [5.41, 5.74) is -0.363.